The standard InChI is InChI=1S/C17H14FN3O2S/c1-21(15(22)6-5-11-3-2-4-12(18)9-11)10-14-19-13-7-8-24-16(13)17(23)20-14/h2-9H,10H2,1H3,(H,19,20,23). The minimum absolute atomic E-state index is 0.174. The molecule has 1 amide bonds. The molecule has 0 spiro atoms. The van der Waals surface area contributed by atoms with Crippen LogP contribution < -0.4 is 5.56 Å². The summed E-state index contributed by atoms with van der Waals surface area (Å²) < 4.78 is 13.7. The summed E-state index contributed by atoms with van der Waals surface area (Å²) in [6.07, 6.45) is 2.90. The Morgan fingerprint density at radius 2 is 2.25 bits per heavy atom. The van der Waals surface area contributed by atoms with Crippen LogP contribution in [0.1, 0.15) is 11.4 Å². The van der Waals surface area contributed by atoms with Gasteiger partial charge in [0.25, 0.3) is 5.56 Å². The highest BCUT2D eigenvalue weighted by Crippen LogP contribution is 2.14. The topological polar surface area (TPSA) is 66.1 Å². The average molecular weight is 343 g/mol. The van der Waals surface area contributed by atoms with Crippen molar-refractivity contribution in [3.8, 4) is 0 Å². The van der Waals surface area contributed by atoms with Crippen LogP contribution in [0.25, 0.3) is 16.3 Å². The first-order chi connectivity index (χ1) is 11.5. The maximum atomic E-state index is 13.1. The van der Waals surface area contributed by atoms with E-state index in [9.17, 15) is 14.0 Å². The van der Waals surface area contributed by atoms with Gasteiger partial charge in [-0.05, 0) is 35.2 Å². The van der Waals surface area contributed by atoms with Crippen molar-refractivity contribution < 1.29 is 9.18 Å². The van der Waals surface area contributed by atoms with Gasteiger partial charge in [0.2, 0.25) is 5.91 Å². The van der Waals surface area contributed by atoms with Gasteiger partial charge >= 0.3 is 0 Å². The second kappa shape index (κ2) is 6.76. The van der Waals surface area contributed by atoms with Crippen molar-refractivity contribution in [2.75, 3.05) is 7.05 Å². The Bertz CT molecular complexity index is 977. The fourth-order valence-corrected chi connectivity index (χ4v) is 2.93. The second-order valence-electron chi connectivity index (χ2n) is 5.23. The summed E-state index contributed by atoms with van der Waals surface area (Å²) in [7, 11) is 1.61. The summed E-state index contributed by atoms with van der Waals surface area (Å²) in [5.74, 6) is -0.211. The van der Waals surface area contributed by atoms with E-state index >= 15 is 0 Å². The molecular weight excluding hydrogens is 329 g/mol. The lowest BCUT2D eigenvalue weighted by Crippen LogP contribution is -2.26. The number of hydrogen-bond acceptors (Lipinski definition) is 4. The van der Waals surface area contributed by atoms with E-state index in [4.69, 9.17) is 0 Å². The lowest BCUT2D eigenvalue weighted by molar-refractivity contribution is -0.125. The van der Waals surface area contributed by atoms with Crippen molar-refractivity contribution in [2.24, 2.45) is 0 Å². The van der Waals surface area contributed by atoms with Crippen LogP contribution >= 0.6 is 11.3 Å². The van der Waals surface area contributed by atoms with E-state index in [1.807, 2.05) is 0 Å². The van der Waals surface area contributed by atoms with Crippen molar-refractivity contribution in [2.45, 2.75) is 6.54 Å². The Labute approximate surface area is 141 Å². The number of hydrogen-bond donors (Lipinski definition) is 1. The summed E-state index contributed by atoms with van der Waals surface area (Å²) in [5.41, 5.74) is 1.01. The maximum absolute atomic E-state index is 13.1. The molecule has 0 atom stereocenters. The number of nitrogens with one attached hydrogen (secondary N) is 1. The molecule has 0 aliphatic carbocycles. The first-order valence-corrected chi connectivity index (χ1v) is 8.06. The number of benzene rings is 1. The van der Waals surface area contributed by atoms with E-state index in [1.165, 1.54) is 34.4 Å². The highest BCUT2D eigenvalue weighted by atomic mass is 32.1. The zero-order valence-corrected chi connectivity index (χ0v) is 13.6. The van der Waals surface area contributed by atoms with Gasteiger partial charge in [-0.3, -0.25) is 9.59 Å². The number of rotatable bonds is 4. The Kier molecular flexibility index (Phi) is 4.52. The summed E-state index contributed by atoms with van der Waals surface area (Å²) >= 11 is 1.33. The Morgan fingerprint density at radius 3 is 3.04 bits per heavy atom. The molecular formula is C17H14FN3O2S. The molecule has 1 aromatic carbocycles. The molecule has 3 rings (SSSR count). The van der Waals surface area contributed by atoms with Crippen molar-refractivity contribution in [1.82, 2.24) is 14.9 Å². The van der Waals surface area contributed by atoms with Crippen LogP contribution in [0.3, 0.4) is 0 Å². The molecule has 2 aromatic heterocycles. The van der Waals surface area contributed by atoms with Crippen LogP contribution in [0.4, 0.5) is 4.39 Å². The molecule has 7 heteroatoms. The van der Waals surface area contributed by atoms with Crippen molar-refractivity contribution >= 4 is 33.5 Å². The molecule has 0 saturated carbocycles. The Balaban J connectivity index is 1.72. The van der Waals surface area contributed by atoms with Gasteiger partial charge in [0.1, 0.15) is 16.3 Å². The number of carbonyl (C=O) groups is 1. The van der Waals surface area contributed by atoms with Crippen LogP contribution in [0.5, 0.6) is 0 Å². The fraction of sp³-hybridized carbons (Fsp3) is 0.118. The number of H-pyrrole nitrogens is 1. The largest absolute Gasteiger partial charge is 0.335 e. The molecule has 5 nitrogen and oxygen atoms in total. The van der Waals surface area contributed by atoms with Crippen LogP contribution in [-0.2, 0) is 11.3 Å². The molecule has 0 aliphatic rings. The molecule has 0 bridgehead atoms. The minimum Gasteiger partial charge on any atom is -0.335 e. The predicted molar refractivity (Wildman–Crippen MR) is 92.1 cm³/mol. The third-order valence-electron chi connectivity index (χ3n) is 3.39. The number of halogens is 1. The fourth-order valence-electron chi connectivity index (χ4n) is 2.20. The number of aromatic amines is 1. The smallest absolute Gasteiger partial charge is 0.268 e. The maximum Gasteiger partial charge on any atom is 0.268 e. The van der Waals surface area contributed by atoms with Crippen molar-refractivity contribution in [1.29, 1.82) is 0 Å². The predicted octanol–water partition coefficient (Wildman–Crippen LogP) is 2.80. The third-order valence-corrected chi connectivity index (χ3v) is 4.30. The SMILES string of the molecule is CN(Cc1nc2ccsc2c(=O)[nH]1)C(=O)C=Cc1cccc(F)c1. The number of likely N-dealkylation sites (N-methyl/N-ethyl adjacent to an activating group) is 1. The first-order valence-electron chi connectivity index (χ1n) is 7.18. The summed E-state index contributed by atoms with van der Waals surface area (Å²) in [4.78, 5) is 32.5. The van der Waals surface area contributed by atoms with Gasteiger partial charge in [-0.1, -0.05) is 12.1 Å². The molecule has 0 radical (unpaired) electrons. The average Bonchev–Trinajstić information content (AvgIpc) is 3.01. The van der Waals surface area contributed by atoms with Crippen molar-refractivity contribution in [3.63, 3.8) is 0 Å². The van der Waals surface area contributed by atoms with E-state index in [-0.39, 0.29) is 23.8 Å². The summed E-state index contributed by atoms with van der Waals surface area (Å²) in [6, 6.07) is 7.73. The van der Waals surface area contributed by atoms with E-state index in [2.05, 4.69) is 9.97 Å². The monoisotopic (exact) mass is 343 g/mol. The quantitative estimate of drug-likeness (QED) is 0.741. The number of amides is 1. The minimum atomic E-state index is -0.358. The normalized spacial score (nSPS) is 11.2. The molecule has 0 aliphatic heterocycles. The highest BCUT2D eigenvalue weighted by molar-refractivity contribution is 7.17. The number of fused-ring (bicyclic) bond motifs is 1. The first kappa shape index (κ1) is 16.1. The molecule has 0 unspecified atom stereocenters. The van der Waals surface area contributed by atoms with Gasteiger partial charge in [-0.25, -0.2) is 9.37 Å². The van der Waals surface area contributed by atoms with E-state index in [0.29, 0.717) is 21.6 Å². The second-order valence-corrected chi connectivity index (χ2v) is 6.15. The van der Waals surface area contributed by atoms with Crippen molar-refractivity contribution in [3.05, 3.63) is 69.3 Å². The van der Waals surface area contributed by atoms with Gasteiger partial charge in [0.05, 0.1) is 12.1 Å². The van der Waals surface area contributed by atoms with Gasteiger partial charge < -0.3 is 9.88 Å². The molecule has 24 heavy (non-hydrogen) atoms. The summed E-state index contributed by atoms with van der Waals surface area (Å²) in [6.45, 7) is 0.174. The Hall–Kier alpha value is -2.80. The van der Waals surface area contributed by atoms with E-state index in [1.54, 1.807) is 36.7 Å². The molecule has 3 aromatic rings. The van der Waals surface area contributed by atoms with Gasteiger partial charge in [0, 0.05) is 13.1 Å². The van der Waals surface area contributed by atoms with Crippen LogP contribution in [-0.4, -0.2) is 27.8 Å². The molecule has 0 saturated heterocycles. The Morgan fingerprint density at radius 1 is 1.42 bits per heavy atom. The van der Waals surface area contributed by atoms with Crippen LogP contribution in [0, 0.1) is 5.82 Å². The van der Waals surface area contributed by atoms with Gasteiger partial charge in [-0.15, -0.1) is 11.3 Å². The van der Waals surface area contributed by atoms with Gasteiger partial charge in [0.15, 0.2) is 0 Å². The molecule has 2 heterocycles. The zero-order valence-electron chi connectivity index (χ0n) is 12.8. The summed E-state index contributed by atoms with van der Waals surface area (Å²) in [5, 5.41) is 1.80. The third kappa shape index (κ3) is 3.57. The van der Waals surface area contributed by atoms with Gasteiger partial charge in [-0.2, -0.15) is 0 Å². The molecule has 122 valence electrons. The zero-order chi connectivity index (χ0) is 17.1. The molecule has 1 N–H and O–H groups in total. The number of nitrogens with zero attached hydrogens (tertiary/aromatic N) is 2. The lowest BCUT2D eigenvalue weighted by Gasteiger charge is -2.14. The molecule has 0 fully saturated rings. The van der Waals surface area contributed by atoms with E-state index < -0.39 is 0 Å². The number of thiophene rings is 1. The van der Waals surface area contributed by atoms with Crippen LogP contribution in [0.15, 0.2) is 46.6 Å². The van der Waals surface area contributed by atoms with Crippen LogP contribution in [0.2, 0.25) is 0 Å². The number of aromatic nitrogens is 2. The lowest BCUT2D eigenvalue weighted by atomic mass is 10.2. The highest BCUT2D eigenvalue weighted by Gasteiger charge is 2.10. The van der Waals surface area contributed by atoms with E-state index in [0.717, 1.165) is 0 Å². The number of carbonyl (C=O) groups excluding carboxylic acids is 1.